The van der Waals surface area contributed by atoms with E-state index < -0.39 is 5.78 Å². The highest BCUT2D eigenvalue weighted by atomic mass is 16.5. The molecule has 0 atom stereocenters. The molecule has 1 aromatic heterocycles. The third kappa shape index (κ3) is 2.96. The molecule has 128 valence electrons. The van der Waals surface area contributed by atoms with Crippen LogP contribution in [0.15, 0.2) is 47.1 Å². The lowest BCUT2D eigenvalue weighted by Crippen LogP contribution is -2.02. The molecular weight excluding hydrogens is 320 g/mol. The minimum absolute atomic E-state index is 0.0385. The van der Waals surface area contributed by atoms with Crippen molar-refractivity contribution in [3.63, 3.8) is 0 Å². The largest absolute Gasteiger partial charge is 0.504 e. The van der Waals surface area contributed by atoms with Crippen LogP contribution < -0.4 is 9.47 Å². The minimum Gasteiger partial charge on any atom is -0.504 e. The summed E-state index contributed by atoms with van der Waals surface area (Å²) in [7, 11) is 2.84. The molecule has 0 unspecified atom stereocenters. The van der Waals surface area contributed by atoms with Crippen LogP contribution in [0.5, 0.6) is 17.2 Å². The molecule has 0 aliphatic rings. The van der Waals surface area contributed by atoms with Crippen molar-refractivity contribution >= 4 is 22.8 Å². The summed E-state index contributed by atoms with van der Waals surface area (Å²) < 4.78 is 15.9. The average Bonchev–Trinajstić information content (AvgIpc) is 3.09. The fraction of sp³-hybridized carbons (Fsp3) is 0.150. The van der Waals surface area contributed by atoms with Crippen molar-refractivity contribution in [2.45, 2.75) is 6.92 Å². The predicted molar refractivity (Wildman–Crippen MR) is 95.5 cm³/mol. The Morgan fingerprint density at radius 2 is 1.76 bits per heavy atom. The van der Waals surface area contributed by atoms with Gasteiger partial charge in [0.1, 0.15) is 11.3 Å². The Labute approximate surface area is 145 Å². The lowest BCUT2D eigenvalue weighted by molar-refractivity contribution is 0.104. The van der Waals surface area contributed by atoms with Gasteiger partial charge in [-0.05, 0) is 24.6 Å². The topological polar surface area (TPSA) is 68.9 Å². The summed E-state index contributed by atoms with van der Waals surface area (Å²) >= 11 is 0. The van der Waals surface area contributed by atoms with Crippen molar-refractivity contribution < 1.29 is 23.8 Å². The fourth-order valence-electron chi connectivity index (χ4n) is 2.69. The number of carbonyl (C=O) groups excluding carboxylic acids is 1. The van der Waals surface area contributed by atoms with Crippen LogP contribution in [0.25, 0.3) is 17.0 Å². The van der Waals surface area contributed by atoms with Crippen molar-refractivity contribution in [3.05, 3.63) is 59.4 Å². The van der Waals surface area contributed by atoms with Gasteiger partial charge in [-0.25, -0.2) is 0 Å². The van der Waals surface area contributed by atoms with Gasteiger partial charge in [-0.2, -0.15) is 0 Å². The average molecular weight is 338 g/mol. The van der Waals surface area contributed by atoms with E-state index in [1.54, 1.807) is 12.1 Å². The van der Waals surface area contributed by atoms with E-state index >= 15 is 0 Å². The fourth-order valence-corrected chi connectivity index (χ4v) is 2.69. The summed E-state index contributed by atoms with van der Waals surface area (Å²) in [6.45, 7) is 1.99. The summed E-state index contributed by atoms with van der Waals surface area (Å²) in [5.41, 5.74) is 2.39. The van der Waals surface area contributed by atoms with Gasteiger partial charge in [0.25, 0.3) is 0 Å². The second kappa shape index (κ2) is 6.73. The zero-order valence-electron chi connectivity index (χ0n) is 14.2. The third-order valence-electron chi connectivity index (χ3n) is 3.95. The number of aryl methyl sites for hydroxylation is 1. The van der Waals surface area contributed by atoms with E-state index in [2.05, 4.69) is 0 Å². The molecule has 1 N–H and O–H groups in total. The molecule has 0 amide bonds. The maximum absolute atomic E-state index is 12.7. The Morgan fingerprint density at radius 1 is 1.08 bits per heavy atom. The molecule has 0 fully saturated rings. The van der Waals surface area contributed by atoms with Gasteiger partial charge in [0.15, 0.2) is 17.1 Å². The summed E-state index contributed by atoms with van der Waals surface area (Å²) in [4.78, 5) is 12.7. The maximum Gasteiger partial charge on any atom is 0.205 e. The van der Waals surface area contributed by atoms with Gasteiger partial charge in [-0.1, -0.05) is 35.9 Å². The quantitative estimate of drug-likeness (QED) is 0.553. The van der Waals surface area contributed by atoms with Crippen LogP contribution >= 0.6 is 0 Å². The molecule has 0 aliphatic carbocycles. The van der Waals surface area contributed by atoms with Crippen molar-refractivity contribution in [2.75, 3.05) is 14.2 Å². The van der Waals surface area contributed by atoms with Crippen LogP contribution in [-0.2, 0) is 0 Å². The van der Waals surface area contributed by atoms with E-state index in [-0.39, 0.29) is 22.8 Å². The molecule has 3 rings (SSSR count). The zero-order chi connectivity index (χ0) is 18.0. The van der Waals surface area contributed by atoms with Gasteiger partial charge in [0, 0.05) is 0 Å². The first-order valence-corrected chi connectivity index (χ1v) is 7.70. The first kappa shape index (κ1) is 16.6. The lowest BCUT2D eigenvalue weighted by Gasteiger charge is -2.13. The number of ether oxygens (including phenoxy) is 2. The number of carbonyl (C=O) groups is 1. The van der Waals surface area contributed by atoms with Gasteiger partial charge >= 0.3 is 0 Å². The third-order valence-corrected chi connectivity index (χ3v) is 3.95. The highest BCUT2D eigenvalue weighted by Crippen LogP contribution is 2.45. The second-order valence-electron chi connectivity index (χ2n) is 5.56. The van der Waals surface area contributed by atoms with Crippen molar-refractivity contribution in [2.24, 2.45) is 0 Å². The summed E-state index contributed by atoms with van der Waals surface area (Å²) in [5, 5.41) is 11.1. The summed E-state index contributed by atoms with van der Waals surface area (Å²) in [6.07, 6.45) is 4.53. The Balaban J connectivity index is 2.09. The van der Waals surface area contributed by atoms with E-state index in [0.717, 1.165) is 11.1 Å². The molecule has 0 radical (unpaired) electrons. The molecule has 5 heteroatoms. The van der Waals surface area contributed by atoms with Gasteiger partial charge in [-0.3, -0.25) is 4.79 Å². The molecule has 0 saturated carbocycles. The zero-order valence-corrected chi connectivity index (χ0v) is 14.2. The van der Waals surface area contributed by atoms with Crippen molar-refractivity contribution in [1.29, 1.82) is 0 Å². The molecule has 0 saturated heterocycles. The summed E-state index contributed by atoms with van der Waals surface area (Å²) in [6, 6.07) is 9.41. The van der Waals surface area contributed by atoms with Crippen LogP contribution in [-0.4, -0.2) is 25.1 Å². The molecule has 25 heavy (non-hydrogen) atoms. The van der Waals surface area contributed by atoms with Crippen LogP contribution in [0.3, 0.4) is 0 Å². The van der Waals surface area contributed by atoms with Crippen LogP contribution in [0, 0.1) is 6.92 Å². The highest BCUT2D eigenvalue weighted by Gasteiger charge is 2.26. The van der Waals surface area contributed by atoms with Crippen LogP contribution in [0.4, 0.5) is 0 Å². The van der Waals surface area contributed by atoms with Crippen LogP contribution in [0.2, 0.25) is 0 Å². The van der Waals surface area contributed by atoms with E-state index in [4.69, 9.17) is 13.9 Å². The van der Waals surface area contributed by atoms with Gasteiger partial charge in [0.05, 0.1) is 25.9 Å². The van der Waals surface area contributed by atoms with Gasteiger partial charge in [-0.15, -0.1) is 0 Å². The molecule has 2 aromatic carbocycles. The number of hydrogen-bond acceptors (Lipinski definition) is 5. The second-order valence-corrected chi connectivity index (χ2v) is 5.56. The Hall–Kier alpha value is -3.21. The SMILES string of the molecule is COc1c(C(=O)/C=C/c2ccc(C)cc2)c(O)c(OC)c2occc12. The van der Waals surface area contributed by atoms with E-state index in [9.17, 15) is 9.90 Å². The van der Waals surface area contributed by atoms with E-state index in [0.29, 0.717) is 11.0 Å². The summed E-state index contributed by atoms with van der Waals surface area (Å²) in [5.74, 6) is -0.342. The number of furan rings is 1. The molecule has 0 aliphatic heterocycles. The van der Waals surface area contributed by atoms with E-state index in [1.807, 2.05) is 31.2 Å². The number of benzene rings is 2. The molecular formula is C20H18O5. The predicted octanol–water partition coefficient (Wildman–Crippen LogP) is 4.36. The van der Waals surface area contributed by atoms with Crippen molar-refractivity contribution in [3.8, 4) is 17.2 Å². The Morgan fingerprint density at radius 3 is 2.40 bits per heavy atom. The number of phenolic OH excluding ortho intramolecular Hbond substituents is 1. The molecule has 3 aromatic rings. The standard InChI is InChI=1S/C20H18O5/c1-12-4-6-13(7-5-12)8-9-15(21)16-17(22)20(24-3)19-14(10-11-25-19)18(16)23-2/h4-11,22H,1-3H3/b9-8+. The number of hydrogen-bond donors (Lipinski definition) is 1. The molecule has 0 bridgehead atoms. The maximum atomic E-state index is 12.7. The molecule has 5 nitrogen and oxygen atoms in total. The number of allylic oxidation sites excluding steroid dienone is 1. The molecule has 0 spiro atoms. The number of fused-ring (bicyclic) bond motifs is 1. The van der Waals surface area contributed by atoms with Gasteiger partial charge < -0.3 is 19.0 Å². The smallest absolute Gasteiger partial charge is 0.205 e. The minimum atomic E-state index is -0.392. The number of methoxy groups -OCH3 is 2. The monoisotopic (exact) mass is 338 g/mol. The first-order chi connectivity index (χ1) is 12.1. The Kier molecular flexibility index (Phi) is 4.48. The number of rotatable bonds is 5. The normalized spacial score (nSPS) is 11.2. The van der Waals surface area contributed by atoms with E-state index in [1.165, 1.54) is 26.6 Å². The van der Waals surface area contributed by atoms with Gasteiger partial charge in [0.2, 0.25) is 5.75 Å². The molecule has 1 heterocycles. The van der Waals surface area contributed by atoms with Crippen LogP contribution in [0.1, 0.15) is 21.5 Å². The Bertz CT molecular complexity index is 948. The highest BCUT2D eigenvalue weighted by molar-refractivity contribution is 6.15. The number of phenols is 1. The first-order valence-electron chi connectivity index (χ1n) is 7.70. The van der Waals surface area contributed by atoms with Crippen molar-refractivity contribution in [1.82, 2.24) is 0 Å². The lowest BCUT2D eigenvalue weighted by atomic mass is 10.0. The number of ketones is 1. The number of aromatic hydroxyl groups is 1.